The summed E-state index contributed by atoms with van der Waals surface area (Å²) in [7, 11) is -6.31. The summed E-state index contributed by atoms with van der Waals surface area (Å²) in [5.41, 5.74) is 0.595. The van der Waals surface area contributed by atoms with Crippen LogP contribution < -0.4 is 0 Å². The fourth-order valence-electron chi connectivity index (χ4n) is 1.72. The molecule has 0 amide bonds. The van der Waals surface area contributed by atoms with Gasteiger partial charge in [0, 0.05) is 19.8 Å². The molecule has 0 heterocycles. The van der Waals surface area contributed by atoms with Gasteiger partial charge in [-0.05, 0) is 18.1 Å². The van der Waals surface area contributed by atoms with Gasteiger partial charge in [0.15, 0.2) is 14.9 Å². The van der Waals surface area contributed by atoms with Crippen LogP contribution in [-0.4, -0.2) is 57.1 Å². The van der Waals surface area contributed by atoms with Crippen molar-refractivity contribution < 1.29 is 26.7 Å². The third kappa shape index (κ3) is 5.44. The zero-order valence-electron chi connectivity index (χ0n) is 11.7. The summed E-state index contributed by atoms with van der Waals surface area (Å²) in [5.74, 6) is -1.09. The monoisotopic (exact) mass is 335 g/mol. The Balaban J connectivity index is 2.83. The van der Waals surface area contributed by atoms with Crippen LogP contribution in [0.2, 0.25) is 0 Å². The second kappa shape index (κ2) is 6.54. The van der Waals surface area contributed by atoms with Gasteiger partial charge in [0.05, 0.1) is 5.56 Å². The molecule has 0 atom stereocenters. The molecular weight excluding hydrogens is 318 g/mol. The smallest absolute Gasteiger partial charge is 0.335 e. The molecule has 1 N–H and O–H groups in total. The maximum atomic E-state index is 11.8. The number of carboxylic acids is 1. The maximum absolute atomic E-state index is 11.8. The lowest BCUT2D eigenvalue weighted by molar-refractivity contribution is 0.0695. The van der Waals surface area contributed by atoms with Gasteiger partial charge in [0.1, 0.15) is 0 Å². The number of sulfonamides is 1. The van der Waals surface area contributed by atoms with Crippen LogP contribution in [0.3, 0.4) is 0 Å². The van der Waals surface area contributed by atoms with E-state index in [2.05, 4.69) is 0 Å². The standard InChI is InChI=1S/C12H17NO6S2/c1-13(21(18,19)9-20(2,16)17)8-7-10-5-3-4-6-11(10)12(14)15/h3-6H,7-9H2,1-2H3,(H,14,15). The number of rotatable bonds is 7. The number of aromatic carboxylic acids is 1. The molecule has 1 rings (SSSR count). The fourth-order valence-corrected chi connectivity index (χ4v) is 4.98. The minimum Gasteiger partial charge on any atom is -0.478 e. The molecule has 7 nitrogen and oxygen atoms in total. The van der Waals surface area contributed by atoms with E-state index in [-0.39, 0.29) is 18.5 Å². The Morgan fingerprint density at radius 3 is 2.29 bits per heavy atom. The van der Waals surface area contributed by atoms with Crippen molar-refractivity contribution in [3.05, 3.63) is 35.4 Å². The zero-order valence-corrected chi connectivity index (χ0v) is 13.3. The summed E-state index contributed by atoms with van der Waals surface area (Å²) in [5, 5.41) is 8.07. The van der Waals surface area contributed by atoms with E-state index in [1.54, 1.807) is 18.2 Å². The third-order valence-corrected chi connectivity index (χ3v) is 6.82. The predicted octanol–water partition coefficient (Wildman–Crippen LogP) is 0.191. The van der Waals surface area contributed by atoms with Gasteiger partial charge in [-0.1, -0.05) is 18.2 Å². The Hall–Kier alpha value is -1.45. The summed E-state index contributed by atoms with van der Waals surface area (Å²) in [6, 6.07) is 6.27. The summed E-state index contributed by atoms with van der Waals surface area (Å²) >= 11 is 0. The van der Waals surface area contributed by atoms with Gasteiger partial charge < -0.3 is 5.11 Å². The highest BCUT2D eigenvalue weighted by molar-refractivity contribution is 8.06. The highest BCUT2D eigenvalue weighted by Gasteiger charge is 2.23. The van der Waals surface area contributed by atoms with Crippen LogP contribution in [0, 0.1) is 0 Å². The summed E-state index contributed by atoms with van der Waals surface area (Å²) in [6.07, 6.45) is 1.03. The van der Waals surface area contributed by atoms with Crippen LogP contribution >= 0.6 is 0 Å². The van der Waals surface area contributed by atoms with Crippen molar-refractivity contribution >= 4 is 25.8 Å². The average molecular weight is 335 g/mol. The third-order valence-electron chi connectivity index (χ3n) is 2.78. The summed E-state index contributed by atoms with van der Waals surface area (Å²) in [4.78, 5) is 11.0. The Morgan fingerprint density at radius 2 is 1.76 bits per heavy atom. The fraction of sp³-hybridized carbons (Fsp3) is 0.417. The molecule has 0 saturated heterocycles. The van der Waals surface area contributed by atoms with Crippen molar-refractivity contribution in [1.29, 1.82) is 0 Å². The van der Waals surface area contributed by atoms with Gasteiger partial charge in [-0.3, -0.25) is 0 Å². The average Bonchev–Trinajstić information content (AvgIpc) is 2.33. The molecule has 1 aromatic rings. The molecule has 21 heavy (non-hydrogen) atoms. The SMILES string of the molecule is CN(CCc1ccccc1C(=O)O)S(=O)(=O)CS(C)(=O)=O. The number of hydrogen-bond acceptors (Lipinski definition) is 5. The highest BCUT2D eigenvalue weighted by Crippen LogP contribution is 2.11. The Bertz CT molecular complexity index is 724. The van der Waals surface area contributed by atoms with Gasteiger partial charge in [-0.15, -0.1) is 0 Å². The molecule has 0 aliphatic heterocycles. The number of carboxylic acid groups (broad SMARTS) is 1. The van der Waals surface area contributed by atoms with Gasteiger partial charge in [-0.25, -0.2) is 25.9 Å². The number of carbonyl (C=O) groups is 1. The lowest BCUT2D eigenvalue weighted by Gasteiger charge is -2.17. The second-order valence-electron chi connectivity index (χ2n) is 4.69. The van der Waals surface area contributed by atoms with Gasteiger partial charge in [0.2, 0.25) is 10.0 Å². The summed E-state index contributed by atoms with van der Waals surface area (Å²) in [6.45, 7) is 0.00213. The largest absolute Gasteiger partial charge is 0.478 e. The minimum atomic E-state index is -3.92. The second-order valence-corrected chi connectivity index (χ2v) is 9.27. The van der Waals surface area contributed by atoms with Crippen LogP contribution in [-0.2, 0) is 26.3 Å². The van der Waals surface area contributed by atoms with Crippen LogP contribution in [0.1, 0.15) is 15.9 Å². The van der Waals surface area contributed by atoms with Crippen LogP contribution in [0.15, 0.2) is 24.3 Å². The molecular formula is C12H17NO6S2. The molecule has 0 aliphatic carbocycles. The van der Waals surface area contributed by atoms with Crippen molar-refractivity contribution in [2.75, 3.05) is 24.9 Å². The van der Waals surface area contributed by atoms with E-state index >= 15 is 0 Å². The van der Waals surface area contributed by atoms with Gasteiger partial charge in [0.25, 0.3) is 0 Å². The van der Waals surface area contributed by atoms with Gasteiger partial charge >= 0.3 is 5.97 Å². The molecule has 1 aromatic carbocycles. The predicted molar refractivity (Wildman–Crippen MR) is 78.4 cm³/mol. The van der Waals surface area contributed by atoms with E-state index < -0.39 is 30.9 Å². The van der Waals surface area contributed by atoms with E-state index in [4.69, 9.17) is 5.11 Å². The van der Waals surface area contributed by atoms with Crippen LogP contribution in [0.4, 0.5) is 0 Å². The number of likely N-dealkylation sites (N-methyl/N-ethyl adjacent to an activating group) is 1. The lowest BCUT2D eigenvalue weighted by Crippen LogP contribution is -2.33. The van der Waals surface area contributed by atoms with Crippen molar-refractivity contribution in [2.24, 2.45) is 0 Å². The maximum Gasteiger partial charge on any atom is 0.335 e. The number of sulfone groups is 1. The van der Waals surface area contributed by atoms with Crippen LogP contribution in [0.25, 0.3) is 0 Å². The van der Waals surface area contributed by atoms with E-state index in [9.17, 15) is 21.6 Å². The van der Waals surface area contributed by atoms with Crippen molar-refractivity contribution in [3.63, 3.8) is 0 Å². The molecule has 0 aliphatic rings. The normalized spacial score (nSPS) is 12.5. The first-order valence-corrected chi connectivity index (χ1v) is 9.63. The molecule has 118 valence electrons. The number of benzene rings is 1. The molecule has 0 unspecified atom stereocenters. The quantitative estimate of drug-likeness (QED) is 0.762. The Kier molecular flexibility index (Phi) is 5.48. The van der Waals surface area contributed by atoms with E-state index in [0.29, 0.717) is 5.56 Å². The van der Waals surface area contributed by atoms with E-state index in [0.717, 1.165) is 10.6 Å². The van der Waals surface area contributed by atoms with Crippen molar-refractivity contribution in [2.45, 2.75) is 6.42 Å². The Morgan fingerprint density at radius 1 is 1.19 bits per heavy atom. The summed E-state index contributed by atoms with van der Waals surface area (Å²) < 4.78 is 46.7. The van der Waals surface area contributed by atoms with E-state index in [1.807, 2.05) is 0 Å². The first kappa shape index (κ1) is 17.6. The van der Waals surface area contributed by atoms with Crippen LogP contribution in [0.5, 0.6) is 0 Å². The molecule has 9 heteroatoms. The van der Waals surface area contributed by atoms with Crippen molar-refractivity contribution in [1.82, 2.24) is 4.31 Å². The minimum absolute atomic E-state index is 0.00213. The lowest BCUT2D eigenvalue weighted by atomic mass is 10.1. The topological polar surface area (TPSA) is 109 Å². The van der Waals surface area contributed by atoms with Gasteiger partial charge in [-0.2, -0.15) is 0 Å². The molecule has 0 spiro atoms. The Labute approximate surface area is 124 Å². The zero-order chi connectivity index (χ0) is 16.3. The molecule has 0 fully saturated rings. The number of nitrogens with zero attached hydrogens (tertiary/aromatic N) is 1. The van der Waals surface area contributed by atoms with E-state index in [1.165, 1.54) is 13.1 Å². The first-order chi connectivity index (χ1) is 9.53. The number of hydrogen-bond donors (Lipinski definition) is 1. The van der Waals surface area contributed by atoms with Crippen molar-refractivity contribution in [3.8, 4) is 0 Å². The highest BCUT2D eigenvalue weighted by atomic mass is 32.3. The molecule has 0 saturated carbocycles. The molecule has 0 aromatic heterocycles. The molecule has 0 bridgehead atoms. The molecule has 0 radical (unpaired) electrons. The first-order valence-electron chi connectivity index (χ1n) is 5.96.